The maximum atomic E-state index is 13.3. The molecule has 2 aromatic carbocycles. The van der Waals surface area contributed by atoms with Gasteiger partial charge in [-0.2, -0.15) is 0 Å². The summed E-state index contributed by atoms with van der Waals surface area (Å²) in [5, 5.41) is 3.51. The zero-order chi connectivity index (χ0) is 15.2. The molecule has 21 heavy (non-hydrogen) atoms. The van der Waals surface area contributed by atoms with Crippen molar-refractivity contribution in [3.63, 3.8) is 0 Å². The number of halogens is 1. The number of hydrogen-bond donors (Lipinski definition) is 1. The van der Waals surface area contributed by atoms with E-state index in [0.29, 0.717) is 0 Å². The van der Waals surface area contributed by atoms with Crippen molar-refractivity contribution in [1.82, 2.24) is 5.32 Å². The van der Waals surface area contributed by atoms with Gasteiger partial charge in [-0.15, -0.1) is 11.8 Å². The van der Waals surface area contributed by atoms with E-state index in [4.69, 9.17) is 0 Å². The predicted octanol–water partition coefficient (Wildman–Crippen LogP) is 4.89. The Morgan fingerprint density at radius 1 is 1.10 bits per heavy atom. The summed E-state index contributed by atoms with van der Waals surface area (Å²) < 4.78 is 13.3. The molecule has 2 rings (SSSR count). The van der Waals surface area contributed by atoms with Crippen molar-refractivity contribution in [2.75, 3.05) is 12.3 Å². The van der Waals surface area contributed by atoms with E-state index in [0.717, 1.165) is 17.9 Å². The Balaban J connectivity index is 2.14. The van der Waals surface area contributed by atoms with Crippen molar-refractivity contribution in [3.8, 4) is 0 Å². The first-order valence-corrected chi connectivity index (χ1v) is 8.28. The molecule has 0 aliphatic rings. The van der Waals surface area contributed by atoms with Gasteiger partial charge in [0.25, 0.3) is 0 Å². The molecule has 112 valence electrons. The van der Waals surface area contributed by atoms with E-state index in [1.807, 2.05) is 24.8 Å². The van der Waals surface area contributed by atoms with E-state index >= 15 is 0 Å². The molecule has 0 aliphatic carbocycles. The van der Waals surface area contributed by atoms with Gasteiger partial charge in [0, 0.05) is 16.7 Å². The topological polar surface area (TPSA) is 12.0 Å². The average molecular weight is 303 g/mol. The molecule has 2 aromatic rings. The summed E-state index contributed by atoms with van der Waals surface area (Å²) in [5.74, 6) is 0.767. The van der Waals surface area contributed by atoms with Crippen LogP contribution in [0, 0.1) is 19.7 Å². The molecule has 0 saturated heterocycles. The number of aryl methyl sites for hydroxylation is 2. The lowest BCUT2D eigenvalue weighted by atomic mass is 10.0. The van der Waals surface area contributed by atoms with E-state index in [1.165, 1.54) is 16.0 Å². The van der Waals surface area contributed by atoms with Gasteiger partial charge in [0.05, 0.1) is 0 Å². The minimum absolute atomic E-state index is 0.168. The molecule has 1 atom stereocenters. The van der Waals surface area contributed by atoms with Crippen LogP contribution in [0.5, 0.6) is 0 Å². The monoisotopic (exact) mass is 303 g/mol. The minimum atomic E-state index is -0.168. The van der Waals surface area contributed by atoms with E-state index in [9.17, 15) is 4.39 Å². The van der Waals surface area contributed by atoms with Gasteiger partial charge in [0.15, 0.2) is 0 Å². The molecule has 0 heterocycles. The molecule has 0 aromatic heterocycles. The summed E-state index contributed by atoms with van der Waals surface area (Å²) in [6.45, 7) is 7.11. The van der Waals surface area contributed by atoms with Crippen molar-refractivity contribution in [3.05, 3.63) is 65.0 Å². The fourth-order valence-electron chi connectivity index (χ4n) is 2.43. The largest absolute Gasteiger partial charge is 0.309 e. The van der Waals surface area contributed by atoms with E-state index in [2.05, 4.69) is 43.4 Å². The summed E-state index contributed by atoms with van der Waals surface area (Å²) in [6, 6.07) is 13.7. The first-order chi connectivity index (χ1) is 10.1. The molecule has 0 saturated carbocycles. The fraction of sp³-hybridized carbons (Fsp3) is 0.333. The molecule has 3 heteroatoms. The first kappa shape index (κ1) is 16.1. The van der Waals surface area contributed by atoms with Crippen LogP contribution in [0.1, 0.15) is 29.7 Å². The standard InChI is InChI=1S/C18H22FNS/c1-4-20-17(16-10-9-15(19)11-14(16)3)12-21-18-8-6-5-7-13(18)2/h5-11,17,20H,4,12H2,1-3H3. The molecule has 1 nitrogen and oxygen atoms in total. The SMILES string of the molecule is CCNC(CSc1ccccc1C)c1ccc(F)cc1C. The molecular weight excluding hydrogens is 281 g/mol. The lowest BCUT2D eigenvalue weighted by Crippen LogP contribution is -2.23. The van der Waals surface area contributed by atoms with Gasteiger partial charge >= 0.3 is 0 Å². The number of nitrogens with one attached hydrogen (secondary N) is 1. The zero-order valence-corrected chi connectivity index (χ0v) is 13.6. The highest BCUT2D eigenvalue weighted by Crippen LogP contribution is 2.28. The van der Waals surface area contributed by atoms with Crippen LogP contribution in [0.15, 0.2) is 47.4 Å². The van der Waals surface area contributed by atoms with Crippen LogP contribution in [0.2, 0.25) is 0 Å². The Morgan fingerprint density at radius 2 is 1.86 bits per heavy atom. The third-order valence-corrected chi connectivity index (χ3v) is 4.83. The number of thioether (sulfide) groups is 1. The highest BCUT2D eigenvalue weighted by atomic mass is 32.2. The van der Waals surface area contributed by atoms with Crippen molar-refractivity contribution in [2.24, 2.45) is 0 Å². The van der Waals surface area contributed by atoms with Crippen LogP contribution >= 0.6 is 11.8 Å². The highest BCUT2D eigenvalue weighted by Gasteiger charge is 2.14. The Bertz CT molecular complexity index is 598. The van der Waals surface area contributed by atoms with E-state index in [-0.39, 0.29) is 11.9 Å². The average Bonchev–Trinajstić information content (AvgIpc) is 2.45. The van der Waals surface area contributed by atoms with Gasteiger partial charge in [-0.3, -0.25) is 0 Å². The van der Waals surface area contributed by atoms with E-state index < -0.39 is 0 Å². The summed E-state index contributed by atoms with van der Waals surface area (Å²) in [4.78, 5) is 1.31. The molecule has 0 radical (unpaired) electrons. The normalized spacial score (nSPS) is 12.4. The van der Waals surface area contributed by atoms with Gasteiger partial charge in [-0.05, 0) is 55.3 Å². The first-order valence-electron chi connectivity index (χ1n) is 7.29. The Hall–Kier alpha value is -1.32. The maximum Gasteiger partial charge on any atom is 0.123 e. The van der Waals surface area contributed by atoms with Crippen LogP contribution in [0.3, 0.4) is 0 Å². The Labute approximate surface area is 131 Å². The molecule has 1 N–H and O–H groups in total. The number of benzene rings is 2. The van der Waals surface area contributed by atoms with Crippen LogP contribution in [0.25, 0.3) is 0 Å². The minimum Gasteiger partial charge on any atom is -0.309 e. The summed E-state index contributed by atoms with van der Waals surface area (Å²) >= 11 is 1.85. The zero-order valence-electron chi connectivity index (χ0n) is 12.8. The molecule has 0 amide bonds. The molecule has 0 aliphatic heterocycles. The van der Waals surface area contributed by atoms with Gasteiger partial charge in [0.2, 0.25) is 0 Å². The second kappa shape index (κ2) is 7.62. The smallest absolute Gasteiger partial charge is 0.123 e. The summed E-state index contributed by atoms with van der Waals surface area (Å²) in [7, 11) is 0. The number of hydrogen-bond acceptors (Lipinski definition) is 2. The van der Waals surface area contributed by atoms with Crippen molar-refractivity contribution in [2.45, 2.75) is 31.7 Å². The Morgan fingerprint density at radius 3 is 2.52 bits per heavy atom. The second-order valence-electron chi connectivity index (χ2n) is 5.19. The van der Waals surface area contributed by atoms with Gasteiger partial charge in [-0.25, -0.2) is 4.39 Å². The van der Waals surface area contributed by atoms with Crippen LogP contribution in [-0.2, 0) is 0 Å². The van der Waals surface area contributed by atoms with Crippen molar-refractivity contribution >= 4 is 11.8 Å². The lowest BCUT2D eigenvalue weighted by Gasteiger charge is -2.20. The molecule has 0 fully saturated rings. The Kier molecular flexibility index (Phi) is 5.83. The third-order valence-electron chi connectivity index (χ3n) is 3.56. The molecule has 0 bridgehead atoms. The third kappa shape index (κ3) is 4.32. The maximum absolute atomic E-state index is 13.3. The summed E-state index contributed by atoms with van der Waals surface area (Å²) in [6.07, 6.45) is 0. The predicted molar refractivity (Wildman–Crippen MR) is 89.5 cm³/mol. The van der Waals surface area contributed by atoms with Gasteiger partial charge in [-0.1, -0.05) is 31.2 Å². The lowest BCUT2D eigenvalue weighted by molar-refractivity contribution is 0.594. The molecule has 0 spiro atoms. The van der Waals surface area contributed by atoms with Crippen LogP contribution in [-0.4, -0.2) is 12.3 Å². The second-order valence-corrected chi connectivity index (χ2v) is 6.25. The van der Waals surface area contributed by atoms with E-state index in [1.54, 1.807) is 12.1 Å². The van der Waals surface area contributed by atoms with Gasteiger partial charge in [0.1, 0.15) is 5.82 Å². The molecule has 1 unspecified atom stereocenters. The number of rotatable bonds is 6. The quantitative estimate of drug-likeness (QED) is 0.763. The van der Waals surface area contributed by atoms with Crippen molar-refractivity contribution < 1.29 is 4.39 Å². The highest BCUT2D eigenvalue weighted by molar-refractivity contribution is 7.99. The van der Waals surface area contributed by atoms with Gasteiger partial charge < -0.3 is 5.32 Å². The van der Waals surface area contributed by atoms with Crippen molar-refractivity contribution in [1.29, 1.82) is 0 Å². The molecular formula is C18H22FNS. The van der Waals surface area contributed by atoms with Crippen LogP contribution in [0.4, 0.5) is 4.39 Å². The van der Waals surface area contributed by atoms with Crippen LogP contribution < -0.4 is 5.32 Å². The summed E-state index contributed by atoms with van der Waals surface area (Å²) in [5.41, 5.74) is 3.49. The fourth-order valence-corrected chi connectivity index (χ4v) is 3.54.